The molecule has 0 aliphatic carbocycles. The van der Waals surface area contributed by atoms with Crippen LogP contribution in [0.2, 0.25) is 0 Å². The van der Waals surface area contributed by atoms with E-state index in [0.717, 1.165) is 25.8 Å². The molecule has 0 saturated carbocycles. The molecule has 1 saturated heterocycles. The summed E-state index contributed by atoms with van der Waals surface area (Å²) >= 11 is 0. The summed E-state index contributed by atoms with van der Waals surface area (Å²) in [6, 6.07) is 14.1. The first-order valence-electron chi connectivity index (χ1n) is 8.47. The summed E-state index contributed by atoms with van der Waals surface area (Å²) in [5.74, 6) is 0.657. The summed E-state index contributed by atoms with van der Waals surface area (Å²) < 4.78 is 1.56. The van der Waals surface area contributed by atoms with Gasteiger partial charge in [-0.05, 0) is 37.0 Å². The van der Waals surface area contributed by atoms with Gasteiger partial charge < -0.3 is 4.90 Å². The topological polar surface area (TPSA) is 63.9 Å². The Hall–Kier alpha value is -3.02. The highest BCUT2D eigenvalue weighted by Gasteiger charge is 2.29. The molecule has 0 spiro atoms. The van der Waals surface area contributed by atoms with Crippen LogP contribution in [0, 0.1) is 0 Å². The van der Waals surface area contributed by atoms with E-state index in [1.807, 2.05) is 23.1 Å². The van der Waals surface area contributed by atoms with Crippen molar-refractivity contribution in [3.63, 3.8) is 0 Å². The lowest BCUT2D eigenvalue weighted by molar-refractivity contribution is 0.0736. The number of benzene rings is 1. The number of rotatable bonds is 4. The molecule has 126 valence electrons. The molecule has 3 heterocycles. The van der Waals surface area contributed by atoms with Crippen molar-refractivity contribution in [2.24, 2.45) is 0 Å². The molecule has 1 aliphatic heterocycles. The van der Waals surface area contributed by atoms with Crippen molar-refractivity contribution in [3.8, 4) is 5.82 Å². The van der Waals surface area contributed by atoms with Crippen molar-refractivity contribution in [2.45, 2.75) is 25.3 Å². The van der Waals surface area contributed by atoms with Gasteiger partial charge in [-0.3, -0.25) is 4.79 Å². The lowest BCUT2D eigenvalue weighted by Crippen LogP contribution is -2.36. The van der Waals surface area contributed by atoms with E-state index in [0.29, 0.717) is 11.4 Å². The highest BCUT2D eigenvalue weighted by molar-refractivity contribution is 5.95. The average molecular weight is 333 g/mol. The van der Waals surface area contributed by atoms with Crippen molar-refractivity contribution < 1.29 is 4.79 Å². The van der Waals surface area contributed by atoms with Crippen LogP contribution in [-0.4, -0.2) is 43.1 Å². The molecule has 0 bridgehead atoms. The van der Waals surface area contributed by atoms with Gasteiger partial charge in [-0.25, -0.2) is 14.6 Å². The van der Waals surface area contributed by atoms with E-state index in [9.17, 15) is 4.79 Å². The van der Waals surface area contributed by atoms with Gasteiger partial charge in [-0.1, -0.05) is 30.3 Å². The van der Waals surface area contributed by atoms with Crippen molar-refractivity contribution in [1.29, 1.82) is 0 Å². The zero-order valence-electron chi connectivity index (χ0n) is 13.8. The van der Waals surface area contributed by atoms with Gasteiger partial charge in [0.05, 0.1) is 0 Å². The summed E-state index contributed by atoms with van der Waals surface area (Å²) in [5.41, 5.74) is 1.91. The SMILES string of the molecule is O=C(c1ccnc(-n2cncn2)c1)N1CCC[C@H]1Cc1ccccc1. The van der Waals surface area contributed by atoms with Crippen LogP contribution in [0.1, 0.15) is 28.8 Å². The molecule has 0 unspecified atom stereocenters. The van der Waals surface area contributed by atoms with E-state index in [1.54, 1.807) is 29.3 Å². The van der Waals surface area contributed by atoms with Crippen LogP contribution < -0.4 is 0 Å². The third-order valence-electron chi connectivity index (χ3n) is 4.60. The Morgan fingerprint density at radius 1 is 1.20 bits per heavy atom. The van der Waals surface area contributed by atoms with Gasteiger partial charge >= 0.3 is 0 Å². The zero-order valence-corrected chi connectivity index (χ0v) is 13.8. The monoisotopic (exact) mass is 333 g/mol. The van der Waals surface area contributed by atoms with Gasteiger partial charge in [-0.15, -0.1) is 0 Å². The van der Waals surface area contributed by atoms with Gasteiger partial charge in [0.2, 0.25) is 0 Å². The number of aromatic nitrogens is 4. The van der Waals surface area contributed by atoms with Crippen molar-refractivity contribution >= 4 is 5.91 Å². The van der Waals surface area contributed by atoms with E-state index in [1.165, 1.54) is 11.9 Å². The molecule has 6 nitrogen and oxygen atoms in total. The van der Waals surface area contributed by atoms with Crippen LogP contribution in [-0.2, 0) is 6.42 Å². The number of amides is 1. The molecule has 3 aromatic rings. The lowest BCUT2D eigenvalue weighted by Gasteiger charge is -2.25. The van der Waals surface area contributed by atoms with Gasteiger partial charge in [0.25, 0.3) is 5.91 Å². The van der Waals surface area contributed by atoms with Crippen LogP contribution in [0.15, 0.2) is 61.3 Å². The molecule has 1 aliphatic rings. The standard InChI is InChI=1S/C19H19N5O/c25-19(16-8-9-21-18(12-16)24-14-20-13-22-24)23-10-4-7-17(23)11-15-5-2-1-3-6-15/h1-3,5-6,8-9,12-14,17H,4,7,10-11H2/t17-/m0/s1. The second-order valence-electron chi connectivity index (χ2n) is 6.23. The van der Waals surface area contributed by atoms with Crippen molar-refractivity contribution in [3.05, 3.63) is 72.4 Å². The largest absolute Gasteiger partial charge is 0.335 e. The molecule has 25 heavy (non-hydrogen) atoms. The Bertz CT molecular complexity index is 847. The molecule has 4 rings (SSSR count). The minimum atomic E-state index is 0.0576. The summed E-state index contributed by atoms with van der Waals surface area (Å²) in [6.07, 6.45) is 7.66. The highest BCUT2D eigenvalue weighted by Crippen LogP contribution is 2.23. The normalized spacial score (nSPS) is 17.0. The second-order valence-corrected chi connectivity index (χ2v) is 6.23. The smallest absolute Gasteiger partial charge is 0.254 e. The Morgan fingerprint density at radius 2 is 2.08 bits per heavy atom. The van der Waals surface area contributed by atoms with Gasteiger partial charge in [-0.2, -0.15) is 5.10 Å². The zero-order chi connectivity index (χ0) is 17.1. The van der Waals surface area contributed by atoms with Gasteiger partial charge in [0.15, 0.2) is 5.82 Å². The lowest BCUT2D eigenvalue weighted by atomic mass is 10.0. The molecule has 0 N–H and O–H groups in total. The molecule has 2 aromatic heterocycles. The van der Waals surface area contributed by atoms with Crippen molar-refractivity contribution in [2.75, 3.05) is 6.54 Å². The third-order valence-corrected chi connectivity index (χ3v) is 4.60. The van der Waals surface area contributed by atoms with Crippen LogP contribution >= 0.6 is 0 Å². The maximum absolute atomic E-state index is 13.0. The Morgan fingerprint density at radius 3 is 2.88 bits per heavy atom. The van der Waals surface area contributed by atoms with E-state index in [2.05, 4.69) is 27.2 Å². The number of nitrogens with zero attached hydrogens (tertiary/aromatic N) is 5. The fourth-order valence-corrected chi connectivity index (χ4v) is 3.37. The van der Waals surface area contributed by atoms with E-state index < -0.39 is 0 Å². The maximum Gasteiger partial charge on any atom is 0.254 e. The molecule has 1 fully saturated rings. The summed E-state index contributed by atoms with van der Waals surface area (Å²) in [7, 11) is 0. The summed E-state index contributed by atoms with van der Waals surface area (Å²) in [5, 5.41) is 4.07. The second kappa shape index (κ2) is 6.84. The average Bonchev–Trinajstić information content (AvgIpc) is 3.34. The number of hydrogen-bond donors (Lipinski definition) is 0. The van der Waals surface area contributed by atoms with Gasteiger partial charge in [0, 0.05) is 24.3 Å². The van der Waals surface area contributed by atoms with E-state index in [4.69, 9.17) is 0 Å². The Balaban J connectivity index is 1.54. The first-order valence-corrected chi connectivity index (χ1v) is 8.47. The maximum atomic E-state index is 13.0. The molecular weight excluding hydrogens is 314 g/mol. The first kappa shape index (κ1) is 15.5. The first-order chi connectivity index (χ1) is 12.3. The minimum Gasteiger partial charge on any atom is -0.335 e. The molecule has 1 aromatic carbocycles. The third kappa shape index (κ3) is 3.28. The van der Waals surface area contributed by atoms with E-state index in [-0.39, 0.29) is 11.9 Å². The Labute approximate surface area is 146 Å². The molecule has 1 atom stereocenters. The number of carbonyl (C=O) groups excluding carboxylic acids is 1. The number of likely N-dealkylation sites (tertiary alicyclic amines) is 1. The van der Waals surface area contributed by atoms with E-state index >= 15 is 0 Å². The number of carbonyl (C=O) groups is 1. The molecule has 0 radical (unpaired) electrons. The minimum absolute atomic E-state index is 0.0576. The molecule has 6 heteroatoms. The fourth-order valence-electron chi connectivity index (χ4n) is 3.37. The molecule has 1 amide bonds. The van der Waals surface area contributed by atoms with Crippen LogP contribution in [0.25, 0.3) is 5.82 Å². The highest BCUT2D eigenvalue weighted by atomic mass is 16.2. The predicted molar refractivity (Wildman–Crippen MR) is 93.4 cm³/mol. The van der Waals surface area contributed by atoms with Gasteiger partial charge in [0.1, 0.15) is 12.7 Å². The fraction of sp³-hybridized carbons (Fsp3) is 0.263. The molecular formula is C19H19N5O. The number of hydrogen-bond acceptors (Lipinski definition) is 4. The van der Waals surface area contributed by atoms with Crippen LogP contribution in [0.3, 0.4) is 0 Å². The quantitative estimate of drug-likeness (QED) is 0.736. The summed E-state index contributed by atoms with van der Waals surface area (Å²) in [6.45, 7) is 0.803. The Kier molecular flexibility index (Phi) is 4.24. The predicted octanol–water partition coefficient (Wildman–Crippen LogP) is 2.51. The van der Waals surface area contributed by atoms with Crippen LogP contribution in [0.4, 0.5) is 0 Å². The summed E-state index contributed by atoms with van der Waals surface area (Å²) in [4.78, 5) is 23.2. The van der Waals surface area contributed by atoms with Crippen LogP contribution in [0.5, 0.6) is 0 Å². The number of pyridine rings is 1. The van der Waals surface area contributed by atoms with Crippen molar-refractivity contribution in [1.82, 2.24) is 24.6 Å².